The minimum absolute atomic E-state index is 0.0163. The highest BCUT2D eigenvalue weighted by molar-refractivity contribution is 5.92. The Morgan fingerprint density at radius 2 is 1.41 bits per heavy atom. The summed E-state index contributed by atoms with van der Waals surface area (Å²) in [4.78, 5) is 50.6. The SMILES string of the molecule is CC(C)[C@@H](NC(=O)OC(C)(C)C)C(=O)C[C@@H](CC(=O)OC(C)(C)C)C(=O)OCc1ccccc1. The molecule has 1 amide bonds. The van der Waals surface area contributed by atoms with E-state index in [0.29, 0.717) is 0 Å². The normalized spacial score (nSPS) is 13.6. The Morgan fingerprint density at radius 1 is 0.853 bits per heavy atom. The van der Waals surface area contributed by atoms with Gasteiger partial charge in [0, 0.05) is 6.42 Å². The smallest absolute Gasteiger partial charge is 0.408 e. The molecule has 1 aromatic carbocycles. The van der Waals surface area contributed by atoms with Crippen LogP contribution in [-0.2, 0) is 35.2 Å². The number of ketones is 1. The maximum atomic E-state index is 13.1. The van der Waals surface area contributed by atoms with Gasteiger partial charge in [0.1, 0.15) is 17.8 Å². The van der Waals surface area contributed by atoms with Gasteiger partial charge in [-0.15, -0.1) is 0 Å². The maximum absolute atomic E-state index is 13.1. The van der Waals surface area contributed by atoms with Crippen LogP contribution in [0.5, 0.6) is 0 Å². The molecule has 0 spiro atoms. The molecule has 0 radical (unpaired) electrons. The van der Waals surface area contributed by atoms with Crippen LogP contribution < -0.4 is 5.32 Å². The van der Waals surface area contributed by atoms with E-state index in [0.717, 1.165) is 5.56 Å². The number of ether oxygens (including phenoxy) is 3. The highest BCUT2D eigenvalue weighted by Crippen LogP contribution is 2.20. The molecule has 2 atom stereocenters. The third-order valence-electron chi connectivity index (χ3n) is 4.52. The summed E-state index contributed by atoms with van der Waals surface area (Å²) in [6, 6.07) is 8.21. The summed E-state index contributed by atoms with van der Waals surface area (Å²) in [6.07, 6.45) is -1.32. The zero-order chi connectivity index (χ0) is 26.1. The molecule has 0 saturated heterocycles. The largest absolute Gasteiger partial charge is 0.461 e. The first-order valence-electron chi connectivity index (χ1n) is 11.5. The summed E-state index contributed by atoms with van der Waals surface area (Å²) >= 11 is 0. The summed E-state index contributed by atoms with van der Waals surface area (Å²) in [5.74, 6) is -2.99. The van der Waals surface area contributed by atoms with Gasteiger partial charge >= 0.3 is 18.0 Å². The number of carbonyl (C=O) groups excluding carboxylic acids is 4. The lowest BCUT2D eigenvalue weighted by Crippen LogP contribution is -2.47. The van der Waals surface area contributed by atoms with Gasteiger partial charge in [-0.25, -0.2) is 4.79 Å². The van der Waals surface area contributed by atoms with Crippen molar-refractivity contribution in [1.82, 2.24) is 5.32 Å². The molecule has 0 aliphatic carbocycles. The lowest BCUT2D eigenvalue weighted by molar-refractivity contribution is -0.162. The third kappa shape index (κ3) is 11.8. The van der Waals surface area contributed by atoms with E-state index >= 15 is 0 Å². The fourth-order valence-corrected chi connectivity index (χ4v) is 3.09. The molecule has 8 heteroatoms. The number of hydrogen-bond acceptors (Lipinski definition) is 7. The van der Waals surface area contributed by atoms with Crippen LogP contribution in [0, 0.1) is 11.8 Å². The molecule has 0 fully saturated rings. The van der Waals surface area contributed by atoms with Crippen LogP contribution in [0.25, 0.3) is 0 Å². The molecule has 1 N–H and O–H groups in total. The van der Waals surface area contributed by atoms with Crippen molar-refractivity contribution in [1.29, 1.82) is 0 Å². The first-order valence-corrected chi connectivity index (χ1v) is 11.5. The predicted octanol–water partition coefficient (Wildman–Crippen LogP) is 4.59. The van der Waals surface area contributed by atoms with Crippen molar-refractivity contribution in [2.75, 3.05) is 0 Å². The molecule has 0 aliphatic rings. The average Bonchev–Trinajstić information content (AvgIpc) is 2.67. The van der Waals surface area contributed by atoms with Gasteiger partial charge < -0.3 is 19.5 Å². The Labute approximate surface area is 202 Å². The molecule has 190 valence electrons. The molecule has 0 bridgehead atoms. The zero-order valence-corrected chi connectivity index (χ0v) is 21.6. The molecule has 8 nitrogen and oxygen atoms in total. The summed E-state index contributed by atoms with van der Waals surface area (Å²) in [5, 5.41) is 2.59. The van der Waals surface area contributed by atoms with Crippen molar-refractivity contribution < 1.29 is 33.4 Å². The fraction of sp³-hybridized carbons (Fsp3) is 0.615. The Balaban J connectivity index is 2.97. The molecule has 1 aromatic rings. The van der Waals surface area contributed by atoms with E-state index in [1.807, 2.05) is 18.2 Å². The van der Waals surface area contributed by atoms with E-state index in [4.69, 9.17) is 14.2 Å². The van der Waals surface area contributed by atoms with Crippen molar-refractivity contribution in [3.63, 3.8) is 0 Å². The number of esters is 2. The Hall–Kier alpha value is -2.90. The van der Waals surface area contributed by atoms with Crippen LogP contribution in [-0.4, -0.2) is 41.1 Å². The van der Waals surface area contributed by atoms with Gasteiger partial charge in [-0.1, -0.05) is 44.2 Å². The van der Waals surface area contributed by atoms with Gasteiger partial charge in [-0.05, 0) is 53.0 Å². The van der Waals surface area contributed by atoms with Crippen molar-refractivity contribution in [3.8, 4) is 0 Å². The number of nitrogens with one attached hydrogen (secondary N) is 1. The van der Waals surface area contributed by atoms with Gasteiger partial charge in [-0.2, -0.15) is 0 Å². The topological polar surface area (TPSA) is 108 Å². The quantitative estimate of drug-likeness (QED) is 0.388. The molecule has 0 heterocycles. The van der Waals surface area contributed by atoms with Crippen LogP contribution >= 0.6 is 0 Å². The van der Waals surface area contributed by atoms with Crippen LogP contribution in [0.2, 0.25) is 0 Å². The molecule has 1 rings (SSSR count). The van der Waals surface area contributed by atoms with Crippen LogP contribution in [0.4, 0.5) is 4.79 Å². The first-order chi connectivity index (χ1) is 15.6. The monoisotopic (exact) mass is 477 g/mol. The summed E-state index contributed by atoms with van der Waals surface area (Å²) in [6.45, 7) is 13.9. The van der Waals surface area contributed by atoms with E-state index in [9.17, 15) is 19.2 Å². The number of rotatable bonds is 10. The minimum Gasteiger partial charge on any atom is -0.461 e. The second kappa shape index (κ2) is 12.5. The van der Waals surface area contributed by atoms with Gasteiger partial charge in [-0.3, -0.25) is 14.4 Å². The van der Waals surface area contributed by atoms with Crippen LogP contribution in [0.1, 0.15) is 73.8 Å². The minimum atomic E-state index is -1.05. The average molecular weight is 478 g/mol. The van der Waals surface area contributed by atoms with E-state index in [-0.39, 0.29) is 25.4 Å². The van der Waals surface area contributed by atoms with Crippen molar-refractivity contribution in [2.45, 2.75) is 92.1 Å². The summed E-state index contributed by atoms with van der Waals surface area (Å²) in [7, 11) is 0. The number of hydrogen-bond donors (Lipinski definition) is 1. The number of Topliss-reactive ketones (excluding diaryl/α,β-unsaturated/α-hetero) is 1. The van der Waals surface area contributed by atoms with Gasteiger partial charge in [0.2, 0.25) is 0 Å². The van der Waals surface area contributed by atoms with Gasteiger partial charge in [0.05, 0.1) is 18.4 Å². The lowest BCUT2D eigenvalue weighted by Gasteiger charge is -2.26. The molecule has 0 aromatic heterocycles. The van der Waals surface area contributed by atoms with E-state index in [1.165, 1.54) is 0 Å². The number of alkyl carbamates (subject to hydrolysis) is 1. The summed E-state index contributed by atoms with van der Waals surface area (Å²) in [5.41, 5.74) is -0.683. The molecular weight excluding hydrogens is 438 g/mol. The highest BCUT2D eigenvalue weighted by atomic mass is 16.6. The first kappa shape index (κ1) is 29.1. The van der Waals surface area contributed by atoms with Crippen LogP contribution in [0.15, 0.2) is 30.3 Å². The number of benzene rings is 1. The zero-order valence-electron chi connectivity index (χ0n) is 21.6. The highest BCUT2D eigenvalue weighted by Gasteiger charge is 2.33. The fourth-order valence-electron chi connectivity index (χ4n) is 3.09. The van der Waals surface area contributed by atoms with E-state index in [1.54, 1.807) is 67.5 Å². The molecule has 34 heavy (non-hydrogen) atoms. The Morgan fingerprint density at radius 3 is 1.91 bits per heavy atom. The second-order valence-electron chi connectivity index (χ2n) is 10.6. The predicted molar refractivity (Wildman–Crippen MR) is 128 cm³/mol. The van der Waals surface area contributed by atoms with Gasteiger partial charge in [0.15, 0.2) is 5.78 Å². The Kier molecular flexibility index (Phi) is 10.7. The number of carbonyl (C=O) groups is 4. The van der Waals surface area contributed by atoms with Gasteiger partial charge in [0.25, 0.3) is 0 Å². The summed E-state index contributed by atoms with van der Waals surface area (Å²) < 4.78 is 16.0. The lowest BCUT2D eigenvalue weighted by atomic mass is 9.91. The van der Waals surface area contributed by atoms with E-state index < -0.39 is 47.0 Å². The van der Waals surface area contributed by atoms with Crippen molar-refractivity contribution in [3.05, 3.63) is 35.9 Å². The standard InChI is InChI=1S/C26H39NO7/c1-17(2)22(27-24(31)34-26(6,7)8)20(28)14-19(15-21(29)33-25(3,4)5)23(30)32-16-18-12-10-9-11-13-18/h9-13,17,19,22H,14-16H2,1-8H3,(H,27,31)/t19-,22+/m0/s1. The second-order valence-corrected chi connectivity index (χ2v) is 10.6. The molecule has 0 unspecified atom stereocenters. The molecular formula is C26H39NO7. The maximum Gasteiger partial charge on any atom is 0.408 e. The van der Waals surface area contributed by atoms with Crippen molar-refractivity contribution >= 4 is 23.8 Å². The van der Waals surface area contributed by atoms with Crippen molar-refractivity contribution in [2.24, 2.45) is 11.8 Å². The Bertz CT molecular complexity index is 835. The molecule has 0 aliphatic heterocycles. The third-order valence-corrected chi connectivity index (χ3v) is 4.52. The van der Waals surface area contributed by atoms with E-state index in [2.05, 4.69) is 5.32 Å². The molecule has 0 saturated carbocycles. The number of amides is 1. The van der Waals surface area contributed by atoms with Crippen LogP contribution in [0.3, 0.4) is 0 Å².